The van der Waals surface area contributed by atoms with E-state index in [4.69, 9.17) is 9.47 Å². The number of halogens is 1. The van der Waals surface area contributed by atoms with Crippen molar-refractivity contribution >= 4 is 39.3 Å². The van der Waals surface area contributed by atoms with E-state index in [2.05, 4.69) is 9.97 Å². The van der Waals surface area contributed by atoms with Gasteiger partial charge >= 0.3 is 5.97 Å². The Hall–Kier alpha value is -2.03. The van der Waals surface area contributed by atoms with Gasteiger partial charge < -0.3 is 9.47 Å². The Morgan fingerprint density at radius 3 is 2.81 bits per heavy atom. The van der Waals surface area contributed by atoms with Crippen molar-refractivity contribution in [2.45, 2.75) is 11.9 Å². The molecule has 0 bridgehead atoms. The normalized spacial score (nSPS) is 11.0. The van der Waals surface area contributed by atoms with Crippen LogP contribution >= 0.6 is 23.1 Å². The summed E-state index contributed by atoms with van der Waals surface area (Å²) in [6.45, 7) is 3.11. The number of aromatic nitrogens is 2. The Kier molecular flexibility index (Phi) is 6.54. The summed E-state index contributed by atoms with van der Waals surface area (Å²) in [6.07, 6.45) is 1.48. The maximum atomic E-state index is 13.2. The Balaban J connectivity index is 1.75. The third-order valence-corrected chi connectivity index (χ3v) is 5.36. The average molecular weight is 392 g/mol. The van der Waals surface area contributed by atoms with Gasteiger partial charge in [-0.25, -0.2) is 14.4 Å². The summed E-state index contributed by atoms with van der Waals surface area (Å²) >= 11 is 2.79. The highest BCUT2D eigenvalue weighted by Gasteiger charge is 2.15. The van der Waals surface area contributed by atoms with Gasteiger partial charge in [-0.1, -0.05) is 23.9 Å². The molecule has 0 aliphatic carbocycles. The largest absolute Gasteiger partial charge is 0.463 e. The van der Waals surface area contributed by atoms with E-state index >= 15 is 0 Å². The fourth-order valence-electron chi connectivity index (χ4n) is 2.33. The molecule has 3 rings (SSSR count). The van der Waals surface area contributed by atoms with E-state index in [-0.39, 0.29) is 24.1 Å². The highest BCUT2D eigenvalue weighted by atomic mass is 32.2. The van der Waals surface area contributed by atoms with Gasteiger partial charge in [0.05, 0.1) is 17.7 Å². The van der Waals surface area contributed by atoms with Gasteiger partial charge in [0, 0.05) is 17.6 Å². The molecule has 0 saturated carbocycles. The van der Waals surface area contributed by atoms with Crippen molar-refractivity contribution in [2.75, 3.05) is 25.6 Å². The molecule has 5 nitrogen and oxygen atoms in total. The van der Waals surface area contributed by atoms with E-state index in [1.54, 1.807) is 12.1 Å². The van der Waals surface area contributed by atoms with Gasteiger partial charge in [0.25, 0.3) is 0 Å². The molecule has 0 spiro atoms. The van der Waals surface area contributed by atoms with Crippen molar-refractivity contribution in [1.29, 1.82) is 0 Å². The molecular weight excluding hydrogens is 375 g/mol. The predicted octanol–water partition coefficient (Wildman–Crippen LogP) is 4.17. The van der Waals surface area contributed by atoms with Crippen LogP contribution in [0.15, 0.2) is 41.0 Å². The van der Waals surface area contributed by atoms with Gasteiger partial charge in [0.15, 0.2) is 0 Å². The number of benzene rings is 1. The number of rotatable bonds is 8. The van der Waals surface area contributed by atoms with Gasteiger partial charge in [-0.15, -0.1) is 11.3 Å². The molecule has 2 heterocycles. The Labute approximate surface area is 158 Å². The van der Waals surface area contributed by atoms with E-state index in [9.17, 15) is 9.18 Å². The van der Waals surface area contributed by atoms with Crippen LogP contribution in [0.2, 0.25) is 0 Å². The van der Waals surface area contributed by atoms with Crippen LogP contribution in [0.4, 0.5) is 4.39 Å². The minimum absolute atomic E-state index is 0.150. The number of carbonyl (C=O) groups is 1. The highest BCUT2D eigenvalue weighted by molar-refractivity contribution is 8.00. The zero-order valence-electron chi connectivity index (χ0n) is 14.1. The number of hydrogen-bond donors (Lipinski definition) is 0. The van der Waals surface area contributed by atoms with Crippen LogP contribution in [0, 0.1) is 5.82 Å². The summed E-state index contributed by atoms with van der Waals surface area (Å²) in [4.78, 5) is 21.3. The van der Waals surface area contributed by atoms with Crippen LogP contribution in [0.3, 0.4) is 0 Å². The van der Waals surface area contributed by atoms with E-state index in [1.807, 2.05) is 12.3 Å². The minimum Gasteiger partial charge on any atom is -0.463 e. The number of nitrogens with zero attached hydrogens (tertiary/aromatic N) is 2. The number of thiophene rings is 1. The SMILES string of the molecule is CCOCCOC(=O)CSc1ncnc2scc(-c3ccc(F)cc3)c12. The lowest BCUT2D eigenvalue weighted by molar-refractivity contribution is -0.141. The van der Waals surface area contributed by atoms with Crippen molar-refractivity contribution in [3.8, 4) is 11.1 Å². The maximum absolute atomic E-state index is 13.2. The van der Waals surface area contributed by atoms with E-state index in [1.165, 1.54) is 41.6 Å². The minimum atomic E-state index is -0.319. The number of carbonyl (C=O) groups excluding carboxylic acids is 1. The van der Waals surface area contributed by atoms with Crippen molar-refractivity contribution in [1.82, 2.24) is 9.97 Å². The fourth-order valence-corrected chi connectivity index (χ4v) is 4.12. The molecule has 0 unspecified atom stereocenters. The van der Waals surface area contributed by atoms with E-state index in [0.717, 1.165) is 21.3 Å². The zero-order valence-corrected chi connectivity index (χ0v) is 15.7. The summed E-state index contributed by atoms with van der Waals surface area (Å²) in [5.74, 6) is -0.453. The third-order valence-electron chi connectivity index (χ3n) is 3.51. The smallest absolute Gasteiger partial charge is 0.316 e. The van der Waals surface area contributed by atoms with Gasteiger partial charge in [-0.05, 0) is 24.6 Å². The zero-order chi connectivity index (χ0) is 18.4. The molecule has 0 atom stereocenters. The topological polar surface area (TPSA) is 61.3 Å². The Bertz CT molecular complexity index is 884. The first-order chi connectivity index (χ1) is 12.7. The molecule has 2 aromatic heterocycles. The average Bonchev–Trinajstić information content (AvgIpc) is 3.09. The maximum Gasteiger partial charge on any atom is 0.316 e. The number of fused-ring (bicyclic) bond motifs is 1. The molecule has 0 amide bonds. The molecule has 0 saturated heterocycles. The second-order valence-electron chi connectivity index (χ2n) is 5.22. The molecule has 26 heavy (non-hydrogen) atoms. The van der Waals surface area contributed by atoms with Crippen molar-refractivity contribution in [3.05, 3.63) is 41.8 Å². The lowest BCUT2D eigenvalue weighted by Crippen LogP contribution is -2.12. The summed E-state index contributed by atoms with van der Waals surface area (Å²) in [5.41, 5.74) is 1.81. The summed E-state index contributed by atoms with van der Waals surface area (Å²) in [5, 5.41) is 3.55. The fraction of sp³-hybridized carbons (Fsp3) is 0.278. The van der Waals surface area contributed by atoms with Crippen LogP contribution in [0.5, 0.6) is 0 Å². The van der Waals surface area contributed by atoms with Crippen LogP contribution < -0.4 is 0 Å². The number of hydrogen-bond acceptors (Lipinski definition) is 7. The third kappa shape index (κ3) is 4.57. The van der Waals surface area contributed by atoms with Gasteiger partial charge in [0.2, 0.25) is 0 Å². The molecule has 0 radical (unpaired) electrons. The summed E-state index contributed by atoms with van der Waals surface area (Å²) in [7, 11) is 0. The standard InChI is InChI=1S/C18H17FN2O3S2/c1-2-23-7-8-24-15(22)10-26-18-16-14(9-25-17(16)20-11-21-18)12-3-5-13(19)6-4-12/h3-6,9,11H,2,7-8,10H2,1H3. The monoisotopic (exact) mass is 392 g/mol. The molecule has 0 aliphatic rings. The molecule has 8 heteroatoms. The molecule has 3 aromatic rings. The highest BCUT2D eigenvalue weighted by Crippen LogP contribution is 2.37. The predicted molar refractivity (Wildman–Crippen MR) is 101 cm³/mol. The molecule has 136 valence electrons. The summed E-state index contributed by atoms with van der Waals surface area (Å²) in [6, 6.07) is 6.29. The van der Waals surface area contributed by atoms with Crippen LogP contribution in [-0.4, -0.2) is 41.5 Å². The lowest BCUT2D eigenvalue weighted by Gasteiger charge is -2.06. The lowest BCUT2D eigenvalue weighted by atomic mass is 10.1. The molecule has 0 aliphatic heterocycles. The first-order valence-electron chi connectivity index (χ1n) is 8.03. The first kappa shape index (κ1) is 18.8. The number of esters is 1. The summed E-state index contributed by atoms with van der Waals surface area (Å²) < 4.78 is 23.5. The van der Waals surface area contributed by atoms with Gasteiger partial charge in [-0.2, -0.15) is 0 Å². The Morgan fingerprint density at radius 1 is 1.23 bits per heavy atom. The second kappa shape index (κ2) is 9.07. The van der Waals surface area contributed by atoms with E-state index < -0.39 is 0 Å². The van der Waals surface area contributed by atoms with Gasteiger partial charge in [0.1, 0.15) is 28.6 Å². The van der Waals surface area contributed by atoms with Gasteiger partial charge in [-0.3, -0.25) is 4.79 Å². The molecule has 1 aromatic carbocycles. The molecule has 0 fully saturated rings. The molecular formula is C18H17FN2O3S2. The first-order valence-corrected chi connectivity index (χ1v) is 9.90. The molecule has 0 N–H and O–H groups in total. The Morgan fingerprint density at radius 2 is 2.04 bits per heavy atom. The number of thioether (sulfide) groups is 1. The van der Waals surface area contributed by atoms with Crippen molar-refractivity contribution in [2.24, 2.45) is 0 Å². The second-order valence-corrected chi connectivity index (χ2v) is 7.04. The van der Waals surface area contributed by atoms with E-state index in [0.29, 0.717) is 18.2 Å². The van der Waals surface area contributed by atoms with Crippen LogP contribution in [-0.2, 0) is 14.3 Å². The van der Waals surface area contributed by atoms with Crippen LogP contribution in [0.1, 0.15) is 6.92 Å². The van der Waals surface area contributed by atoms with Crippen LogP contribution in [0.25, 0.3) is 21.3 Å². The number of ether oxygens (including phenoxy) is 2. The quantitative estimate of drug-likeness (QED) is 0.248. The van der Waals surface area contributed by atoms with Crippen molar-refractivity contribution < 1.29 is 18.7 Å². The van der Waals surface area contributed by atoms with Crippen molar-refractivity contribution in [3.63, 3.8) is 0 Å².